The third-order valence-electron chi connectivity index (χ3n) is 4.52. The van der Waals surface area contributed by atoms with E-state index in [1.807, 2.05) is 0 Å². The molecule has 2 aromatic carbocycles. The second kappa shape index (κ2) is 7.83. The predicted octanol–water partition coefficient (Wildman–Crippen LogP) is 4.16. The number of rotatable bonds is 4. The number of amides is 2. The summed E-state index contributed by atoms with van der Waals surface area (Å²) in [6, 6.07) is 13.4. The Balaban J connectivity index is 1.67. The lowest BCUT2D eigenvalue weighted by Gasteiger charge is -2.20. The summed E-state index contributed by atoms with van der Waals surface area (Å²) in [6.07, 6.45) is 5.26. The van der Waals surface area contributed by atoms with Crippen molar-refractivity contribution in [2.45, 2.75) is 32.1 Å². The van der Waals surface area contributed by atoms with Crippen molar-refractivity contribution in [1.82, 2.24) is 0 Å². The van der Waals surface area contributed by atoms with Gasteiger partial charge in [0.2, 0.25) is 5.91 Å². The molecule has 5 heteroatoms. The van der Waals surface area contributed by atoms with Gasteiger partial charge in [0.15, 0.2) is 0 Å². The van der Waals surface area contributed by atoms with E-state index in [2.05, 4.69) is 10.6 Å². The first-order valence-corrected chi connectivity index (χ1v) is 8.64. The molecule has 0 saturated heterocycles. The average Bonchev–Trinajstić information content (AvgIpc) is 2.64. The van der Waals surface area contributed by atoms with Gasteiger partial charge in [-0.3, -0.25) is 9.59 Å². The van der Waals surface area contributed by atoms with E-state index in [0.717, 1.165) is 25.7 Å². The highest BCUT2D eigenvalue weighted by Crippen LogP contribution is 2.26. The number of carbonyl (C=O) groups excluding carboxylic acids is 2. The van der Waals surface area contributed by atoms with Gasteiger partial charge < -0.3 is 15.7 Å². The van der Waals surface area contributed by atoms with Crippen LogP contribution in [0.3, 0.4) is 0 Å². The van der Waals surface area contributed by atoms with E-state index in [9.17, 15) is 14.7 Å². The summed E-state index contributed by atoms with van der Waals surface area (Å²) in [5.41, 5.74) is 1.38. The van der Waals surface area contributed by atoms with Gasteiger partial charge in [-0.15, -0.1) is 0 Å². The van der Waals surface area contributed by atoms with Crippen molar-refractivity contribution < 1.29 is 14.7 Å². The molecule has 25 heavy (non-hydrogen) atoms. The van der Waals surface area contributed by atoms with Crippen LogP contribution in [-0.4, -0.2) is 16.9 Å². The maximum Gasteiger partial charge on any atom is 0.255 e. The van der Waals surface area contributed by atoms with Crippen LogP contribution in [0.5, 0.6) is 5.75 Å². The molecule has 3 rings (SSSR count). The Morgan fingerprint density at radius 1 is 0.920 bits per heavy atom. The molecule has 3 N–H and O–H groups in total. The number of hydrogen-bond donors (Lipinski definition) is 3. The van der Waals surface area contributed by atoms with Gasteiger partial charge in [-0.05, 0) is 43.2 Å². The summed E-state index contributed by atoms with van der Waals surface area (Å²) in [6.45, 7) is 0. The van der Waals surface area contributed by atoms with Crippen molar-refractivity contribution in [3.8, 4) is 5.75 Å². The van der Waals surface area contributed by atoms with Gasteiger partial charge in [-0.2, -0.15) is 0 Å². The molecular formula is C20H22N2O3. The fourth-order valence-corrected chi connectivity index (χ4v) is 3.12. The smallest absolute Gasteiger partial charge is 0.255 e. The highest BCUT2D eigenvalue weighted by Gasteiger charge is 2.21. The SMILES string of the molecule is O=C(Nc1ccccc1O)c1cccc(NC(=O)C2CCCCC2)c1. The van der Waals surface area contributed by atoms with E-state index in [-0.39, 0.29) is 23.5 Å². The monoisotopic (exact) mass is 338 g/mol. The molecule has 2 amide bonds. The van der Waals surface area contributed by atoms with E-state index < -0.39 is 0 Å². The highest BCUT2D eigenvalue weighted by molar-refractivity contribution is 6.06. The second-order valence-corrected chi connectivity index (χ2v) is 6.38. The van der Waals surface area contributed by atoms with Crippen LogP contribution >= 0.6 is 0 Å². The van der Waals surface area contributed by atoms with Gasteiger partial charge in [0, 0.05) is 17.2 Å². The molecule has 5 nitrogen and oxygen atoms in total. The quantitative estimate of drug-likeness (QED) is 0.732. The molecule has 0 aromatic heterocycles. The first-order valence-electron chi connectivity index (χ1n) is 8.64. The van der Waals surface area contributed by atoms with E-state index in [1.54, 1.807) is 42.5 Å². The van der Waals surface area contributed by atoms with Gasteiger partial charge in [0.05, 0.1) is 5.69 Å². The lowest BCUT2D eigenvalue weighted by atomic mass is 9.88. The fraction of sp³-hybridized carbons (Fsp3) is 0.300. The Hall–Kier alpha value is -2.82. The Morgan fingerprint density at radius 3 is 2.44 bits per heavy atom. The van der Waals surface area contributed by atoms with Crippen molar-refractivity contribution in [2.75, 3.05) is 10.6 Å². The predicted molar refractivity (Wildman–Crippen MR) is 97.7 cm³/mol. The van der Waals surface area contributed by atoms with Gasteiger partial charge in [-0.25, -0.2) is 0 Å². The minimum Gasteiger partial charge on any atom is -0.506 e. The standard InChI is InChI=1S/C20H22N2O3/c23-18-12-5-4-11-17(18)22-20(25)15-9-6-10-16(13-15)21-19(24)14-7-2-1-3-8-14/h4-6,9-14,23H,1-3,7-8H2,(H,21,24)(H,22,25). The first kappa shape index (κ1) is 17.0. The van der Waals surface area contributed by atoms with E-state index in [0.29, 0.717) is 16.9 Å². The zero-order chi connectivity index (χ0) is 17.6. The van der Waals surface area contributed by atoms with Gasteiger partial charge in [-0.1, -0.05) is 37.5 Å². The third-order valence-corrected chi connectivity index (χ3v) is 4.52. The molecule has 1 aliphatic carbocycles. The van der Waals surface area contributed by atoms with Crippen LogP contribution in [0.2, 0.25) is 0 Å². The molecule has 1 aliphatic rings. The first-order chi connectivity index (χ1) is 12.1. The van der Waals surface area contributed by atoms with Crippen molar-refractivity contribution in [3.63, 3.8) is 0 Å². The number of benzene rings is 2. The average molecular weight is 338 g/mol. The zero-order valence-corrected chi connectivity index (χ0v) is 14.0. The molecule has 0 atom stereocenters. The molecule has 2 aromatic rings. The second-order valence-electron chi connectivity index (χ2n) is 6.38. The van der Waals surface area contributed by atoms with Crippen LogP contribution in [0.4, 0.5) is 11.4 Å². The number of phenols is 1. The number of phenolic OH excluding ortho intramolecular Hbond substituents is 1. The Morgan fingerprint density at radius 2 is 1.68 bits per heavy atom. The summed E-state index contributed by atoms with van der Waals surface area (Å²) in [5, 5.41) is 15.3. The number of anilines is 2. The minimum atomic E-state index is -0.338. The highest BCUT2D eigenvalue weighted by atomic mass is 16.3. The van der Waals surface area contributed by atoms with E-state index >= 15 is 0 Å². The molecule has 1 fully saturated rings. The number of hydrogen-bond acceptors (Lipinski definition) is 3. The molecule has 0 spiro atoms. The number of para-hydroxylation sites is 2. The summed E-state index contributed by atoms with van der Waals surface area (Å²) >= 11 is 0. The Bertz CT molecular complexity index is 767. The van der Waals surface area contributed by atoms with E-state index in [1.165, 1.54) is 12.5 Å². The minimum absolute atomic E-state index is 0.0117. The molecule has 0 unspecified atom stereocenters. The summed E-state index contributed by atoms with van der Waals surface area (Å²) in [5.74, 6) is -0.238. The summed E-state index contributed by atoms with van der Waals surface area (Å²) < 4.78 is 0. The van der Waals surface area contributed by atoms with Crippen LogP contribution in [0.15, 0.2) is 48.5 Å². The summed E-state index contributed by atoms with van der Waals surface area (Å²) in [4.78, 5) is 24.7. The van der Waals surface area contributed by atoms with E-state index in [4.69, 9.17) is 0 Å². The number of carbonyl (C=O) groups is 2. The van der Waals surface area contributed by atoms with Gasteiger partial charge in [0.1, 0.15) is 5.75 Å². The zero-order valence-electron chi connectivity index (χ0n) is 14.0. The molecule has 0 aliphatic heterocycles. The maximum absolute atomic E-state index is 12.4. The van der Waals surface area contributed by atoms with Crippen LogP contribution in [0.1, 0.15) is 42.5 Å². The Labute approximate surface area is 147 Å². The number of aromatic hydroxyl groups is 1. The van der Waals surface area contributed by atoms with Crippen molar-refractivity contribution in [2.24, 2.45) is 5.92 Å². The van der Waals surface area contributed by atoms with Crippen molar-refractivity contribution >= 4 is 23.2 Å². The maximum atomic E-state index is 12.4. The summed E-state index contributed by atoms with van der Waals surface area (Å²) in [7, 11) is 0. The molecular weight excluding hydrogens is 316 g/mol. The largest absolute Gasteiger partial charge is 0.506 e. The van der Waals surface area contributed by atoms with Crippen molar-refractivity contribution in [3.05, 3.63) is 54.1 Å². The fourth-order valence-electron chi connectivity index (χ4n) is 3.12. The van der Waals surface area contributed by atoms with Crippen LogP contribution in [-0.2, 0) is 4.79 Å². The lowest BCUT2D eigenvalue weighted by Crippen LogP contribution is -2.24. The molecule has 0 bridgehead atoms. The molecule has 130 valence electrons. The number of nitrogens with one attached hydrogen (secondary N) is 2. The topological polar surface area (TPSA) is 78.4 Å². The molecule has 0 heterocycles. The third kappa shape index (κ3) is 4.38. The van der Waals surface area contributed by atoms with Gasteiger partial charge >= 0.3 is 0 Å². The van der Waals surface area contributed by atoms with Crippen LogP contribution < -0.4 is 10.6 Å². The van der Waals surface area contributed by atoms with Crippen molar-refractivity contribution in [1.29, 1.82) is 0 Å². The lowest BCUT2D eigenvalue weighted by molar-refractivity contribution is -0.120. The van der Waals surface area contributed by atoms with Crippen LogP contribution in [0.25, 0.3) is 0 Å². The van der Waals surface area contributed by atoms with Gasteiger partial charge in [0.25, 0.3) is 5.91 Å². The Kier molecular flexibility index (Phi) is 5.33. The molecule has 0 radical (unpaired) electrons. The van der Waals surface area contributed by atoms with Crippen LogP contribution in [0, 0.1) is 5.92 Å². The normalized spacial score (nSPS) is 14.7. The molecule has 1 saturated carbocycles.